The van der Waals surface area contributed by atoms with Gasteiger partial charge in [-0.25, -0.2) is 8.78 Å². The molecule has 132 valence electrons. The number of carbonyl (C=O) groups is 2. The van der Waals surface area contributed by atoms with Crippen LogP contribution in [0, 0.1) is 11.6 Å². The molecule has 1 aromatic carbocycles. The van der Waals surface area contributed by atoms with Crippen LogP contribution in [0.2, 0.25) is 0 Å². The number of amides is 2. The summed E-state index contributed by atoms with van der Waals surface area (Å²) >= 11 is 1.68. The number of carbonyl (C=O) groups excluding carboxylic acids is 2. The van der Waals surface area contributed by atoms with Crippen LogP contribution in [0.1, 0.15) is 10.4 Å². The van der Waals surface area contributed by atoms with Crippen molar-refractivity contribution in [1.29, 1.82) is 0 Å². The second-order valence-corrected chi connectivity index (χ2v) is 6.54. The summed E-state index contributed by atoms with van der Waals surface area (Å²) in [7, 11) is 0. The molecule has 24 heavy (non-hydrogen) atoms. The average molecular weight is 378 g/mol. The molecule has 2 heterocycles. The number of hydrogen-bond donors (Lipinski definition) is 1. The number of benzene rings is 1. The lowest BCUT2D eigenvalue weighted by Gasteiger charge is -2.36. The molecule has 0 bridgehead atoms. The van der Waals surface area contributed by atoms with Gasteiger partial charge in [-0.2, -0.15) is 0 Å². The van der Waals surface area contributed by atoms with E-state index >= 15 is 0 Å². The molecule has 0 radical (unpaired) electrons. The van der Waals surface area contributed by atoms with Crippen molar-refractivity contribution in [2.24, 2.45) is 0 Å². The van der Waals surface area contributed by atoms with Crippen LogP contribution < -0.4 is 5.32 Å². The van der Waals surface area contributed by atoms with Gasteiger partial charge in [0, 0.05) is 43.9 Å². The molecular formula is C15H18ClF2N3O2S. The minimum atomic E-state index is -0.860. The summed E-state index contributed by atoms with van der Waals surface area (Å²) in [4.78, 5) is 27.8. The number of hydrogen-bond acceptors (Lipinski definition) is 4. The quantitative estimate of drug-likeness (QED) is 0.845. The van der Waals surface area contributed by atoms with E-state index in [2.05, 4.69) is 5.32 Å². The molecule has 0 saturated carbocycles. The van der Waals surface area contributed by atoms with Gasteiger partial charge in [0.15, 0.2) is 0 Å². The Labute approximate surface area is 149 Å². The first-order valence-corrected chi connectivity index (χ1v) is 8.56. The normalized spacial score (nSPS) is 20.7. The molecule has 0 aliphatic carbocycles. The Bertz CT molecular complexity index is 621. The van der Waals surface area contributed by atoms with Crippen LogP contribution in [0.5, 0.6) is 0 Å². The Morgan fingerprint density at radius 2 is 1.79 bits per heavy atom. The number of nitrogens with zero attached hydrogens (tertiary/aromatic N) is 2. The van der Waals surface area contributed by atoms with Crippen molar-refractivity contribution < 1.29 is 18.4 Å². The first-order chi connectivity index (χ1) is 11.1. The summed E-state index contributed by atoms with van der Waals surface area (Å²) in [5, 5.41) is 3.13. The van der Waals surface area contributed by atoms with Crippen LogP contribution in [0.25, 0.3) is 0 Å². The predicted octanol–water partition coefficient (Wildman–Crippen LogP) is 1.33. The van der Waals surface area contributed by atoms with E-state index in [0.29, 0.717) is 32.2 Å². The van der Waals surface area contributed by atoms with Crippen LogP contribution in [-0.2, 0) is 4.79 Å². The molecule has 0 aromatic heterocycles. The monoisotopic (exact) mass is 377 g/mol. The summed E-state index contributed by atoms with van der Waals surface area (Å²) < 4.78 is 26.6. The van der Waals surface area contributed by atoms with Gasteiger partial charge < -0.3 is 9.80 Å². The average Bonchev–Trinajstić information content (AvgIpc) is 3.08. The van der Waals surface area contributed by atoms with Crippen molar-refractivity contribution in [1.82, 2.24) is 15.1 Å². The van der Waals surface area contributed by atoms with Crippen molar-refractivity contribution in [2.75, 3.05) is 37.8 Å². The van der Waals surface area contributed by atoms with Gasteiger partial charge in [0.2, 0.25) is 5.91 Å². The molecule has 1 N–H and O–H groups in total. The molecule has 1 unspecified atom stereocenters. The highest BCUT2D eigenvalue weighted by molar-refractivity contribution is 7.99. The summed E-state index contributed by atoms with van der Waals surface area (Å²) in [6, 6.07) is 2.77. The van der Waals surface area contributed by atoms with E-state index in [1.165, 1.54) is 4.90 Å². The van der Waals surface area contributed by atoms with Gasteiger partial charge in [0.05, 0.1) is 11.6 Å². The van der Waals surface area contributed by atoms with Crippen molar-refractivity contribution in [3.63, 3.8) is 0 Å². The van der Waals surface area contributed by atoms with E-state index in [4.69, 9.17) is 0 Å². The molecule has 9 heteroatoms. The van der Waals surface area contributed by atoms with Gasteiger partial charge in [-0.15, -0.1) is 24.2 Å². The summed E-state index contributed by atoms with van der Waals surface area (Å²) in [5.74, 6) is -0.450. The highest BCUT2D eigenvalue weighted by Gasteiger charge is 2.31. The Balaban J connectivity index is 0.00000208. The standard InChI is InChI=1S/C15H17F2N3O2S.ClH/c16-10-1-2-11(12(17)7-10)14(21)19-3-5-20(6-4-19)15(22)13-8-23-9-18-13;/h1-2,7,13,18H,3-6,8-9H2;1H. The maximum Gasteiger partial charge on any atom is 0.256 e. The highest BCUT2D eigenvalue weighted by atomic mass is 35.5. The van der Waals surface area contributed by atoms with Gasteiger partial charge in [-0.3, -0.25) is 14.9 Å². The maximum atomic E-state index is 13.7. The van der Waals surface area contributed by atoms with Crippen LogP contribution >= 0.6 is 24.2 Å². The molecular weight excluding hydrogens is 360 g/mol. The largest absolute Gasteiger partial charge is 0.338 e. The fraction of sp³-hybridized carbons (Fsp3) is 0.467. The molecule has 1 aromatic rings. The zero-order valence-electron chi connectivity index (χ0n) is 12.8. The van der Waals surface area contributed by atoms with E-state index in [1.54, 1.807) is 16.7 Å². The number of nitrogens with one attached hydrogen (secondary N) is 1. The smallest absolute Gasteiger partial charge is 0.256 e. The Hall–Kier alpha value is -1.38. The van der Waals surface area contributed by atoms with Crippen LogP contribution in [-0.4, -0.2) is 65.5 Å². The number of rotatable bonds is 2. The SMILES string of the molecule is Cl.O=C(c1ccc(F)cc1F)N1CCN(C(=O)C2CSCN2)CC1. The fourth-order valence-corrected chi connectivity index (χ4v) is 3.67. The Kier molecular flexibility index (Phi) is 6.42. The fourth-order valence-electron chi connectivity index (χ4n) is 2.74. The van der Waals surface area contributed by atoms with Crippen LogP contribution in [0.3, 0.4) is 0 Å². The lowest BCUT2D eigenvalue weighted by atomic mass is 10.1. The van der Waals surface area contributed by atoms with Gasteiger partial charge >= 0.3 is 0 Å². The molecule has 2 aliphatic heterocycles. The third-order valence-electron chi connectivity index (χ3n) is 4.05. The minimum absolute atomic E-state index is 0. The molecule has 2 fully saturated rings. The predicted molar refractivity (Wildman–Crippen MR) is 90.3 cm³/mol. The maximum absolute atomic E-state index is 13.7. The van der Waals surface area contributed by atoms with Gasteiger partial charge in [-0.05, 0) is 12.1 Å². The zero-order valence-corrected chi connectivity index (χ0v) is 14.5. The van der Waals surface area contributed by atoms with Crippen molar-refractivity contribution in [3.8, 4) is 0 Å². The van der Waals surface area contributed by atoms with Crippen molar-refractivity contribution in [2.45, 2.75) is 6.04 Å². The van der Waals surface area contributed by atoms with E-state index in [0.717, 1.165) is 23.8 Å². The third-order valence-corrected chi connectivity index (χ3v) is 4.99. The second kappa shape index (κ2) is 8.13. The second-order valence-electron chi connectivity index (χ2n) is 5.51. The minimum Gasteiger partial charge on any atom is -0.338 e. The summed E-state index contributed by atoms with van der Waals surface area (Å²) in [6.45, 7) is 1.55. The molecule has 2 saturated heterocycles. The zero-order chi connectivity index (χ0) is 16.4. The molecule has 1 atom stereocenters. The third kappa shape index (κ3) is 3.99. The van der Waals surface area contributed by atoms with E-state index in [1.807, 2.05) is 0 Å². The van der Waals surface area contributed by atoms with Crippen LogP contribution in [0.15, 0.2) is 18.2 Å². The molecule has 2 aliphatic rings. The molecule has 3 rings (SSSR count). The van der Waals surface area contributed by atoms with Gasteiger partial charge in [0.1, 0.15) is 11.6 Å². The molecule has 2 amide bonds. The van der Waals surface area contributed by atoms with Crippen molar-refractivity contribution in [3.05, 3.63) is 35.4 Å². The highest BCUT2D eigenvalue weighted by Crippen LogP contribution is 2.16. The number of thioether (sulfide) groups is 1. The Morgan fingerprint density at radius 1 is 1.12 bits per heavy atom. The van der Waals surface area contributed by atoms with Crippen LogP contribution in [0.4, 0.5) is 8.78 Å². The summed E-state index contributed by atoms with van der Waals surface area (Å²) in [6.07, 6.45) is 0. The number of piperazine rings is 1. The molecule has 0 spiro atoms. The lowest BCUT2D eigenvalue weighted by Crippen LogP contribution is -2.54. The first kappa shape index (κ1) is 19.0. The number of halogens is 3. The van der Waals surface area contributed by atoms with E-state index in [-0.39, 0.29) is 29.9 Å². The molecule has 5 nitrogen and oxygen atoms in total. The summed E-state index contributed by atoms with van der Waals surface area (Å²) in [5.41, 5.74) is -0.139. The van der Waals surface area contributed by atoms with E-state index in [9.17, 15) is 18.4 Å². The van der Waals surface area contributed by atoms with Crippen molar-refractivity contribution >= 4 is 36.0 Å². The topological polar surface area (TPSA) is 52.7 Å². The lowest BCUT2D eigenvalue weighted by molar-refractivity contribution is -0.134. The van der Waals surface area contributed by atoms with E-state index < -0.39 is 17.5 Å². The Morgan fingerprint density at radius 3 is 2.38 bits per heavy atom. The first-order valence-electron chi connectivity index (χ1n) is 7.40. The van der Waals surface area contributed by atoms with Gasteiger partial charge in [-0.1, -0.05) is 0 Å². The van der Waals surface area contributed by atoms with Gasteiger partial charge in [0.25, 0.3) is 5.91 Å².